The van der Waals surface area contributed by atoms with Crippen molar-refractivity contribution in [3.05, 3.63) is 53.9 Å². The lowest BCUT2D eigenvalue weighted by Crippen LogP contribution is -2.14. The fraction of sp³-hybridized carbons (Fsp3) is 0.645. The van der Waals surface area contributed by atoms with E-state index in [1.165, 1.54) is 125 Å². The normalized spacial score (nSPS) is 18.7. The van der Waals surface area contributed by atoms with Crippen LogP contribution in [0.1, 0.15) is 127 Å². The van der Waals surface area contributed by atoms with Crippen LogP contribution in [0.3, 0.4) is 0 Å². The molecule has 0 unspecified atom stereocenters. The summed E-state index contributed by atoms with van der Waals surface area (Å²) in [5.74, 6) is 1.65. The molecule has 1 aliphatic rings. The fourth-order valence-corrected chi connectivity index (χ4v) is 5.40. The number of pyridine rings is 1. The van der Waals surface area contributed by atoms with Crippen LogP contribution in [0.15, 0.2) is 42.6 Å². The van der Waals surface area contributed by atoms with Gasteiger partial charge in [0.25, 0.3) is 0 Å². The summed E-state index contributed by atoms with van der Waals surface area (Å²) in [7, 11) is 0. The summed E-state index contributed by atoms with van der Waals surface area (Å²) in [5, 5.41) is 0. The first-order valence-corrected chi connectivity index (χ1v) is 13.9. The Morgan fingerprint density at radius 2 is 1.28 bits per heavy atom. The van der Waals surface area contributed by atoms with Gasteiger partial charge in [0.15, 0.2) is 0 Å². The van der Waals surface area contributed by atoms with Crippen LogP contribution < -0.4 is 0 Å². The number of benzene rings is 1. The van der Waals surface area contributed by atoms with Gasteiger partial charge in [-0.05, 0) is 61.6 Å². The molecule has 0 atom stereocenters. The molecule has 1 saturated carbocycles. The number of hydrogen-bond acceptors (Lipinski definition) is 1. The Balaban J connectivity index is 1.41. The van der Waals surface area contributed by atoms with Gasteiger partial charge in [0.1, 0.15) is 0 Å². The molecule has 1 aliphatic carbocycles. The maximum atomic E-state index is 4.90. The van der Waals surface area contributed by atoms with E-state index in [9.17, 15) is 0 Å². The first-order valence-electron chi connectivity index (χ1n) is 13.9. The molecule has 0 N–H and O–H groups in total. The van der Waals surface area contributed by atoms with E-state index >= 15 is 0 Å². The van der Waals surface area contributed by atoms with Crippen molar-refractivity contribution in [3.63, 3.8) is 0 Å². The molecule has 3 rings (SSSR count). The largest absolute Gasteiger partial charge is 0.260 e. The van der Waals surface area contributed by atoms with E-state index in [0.29, 0.717) is 5.92 Å². The zero-order valence-electron chi connectivity index (χ0n) is 21.0. The predicted molar refractivity (Wildman–Crippen MR) is 140 cm³/mol. The summed E-state index contributed by atoms with van der Waals surface area (Å²) < 4.78 is 0. The van der Waals surface area contributed by atoms with Crippen LogP contribution in [0, 0.1) is 5.92 Å². The van der Waals surface area contributed by atoms with Gasteiger partial charge >= 0.3 is 0 Å². The van der Waals surface area contributed by atoms with Gasteiger partial charge in [-0.3, -0.25) is 4.98 Å². The van der Waals surface area contributed by atoms with Crippen molar-refractivity contribution < 1.29 is 0 Å². The highest BCUT2D eigenvalue weighted by atomic mass is 14.7. The van der Waals surface area contributed by atoms with Crippen LogP contribution >= 0.6 is 0 Å². The summed E-state index contributed by atoms with van der Waals surface area (Å²) in [5.41, 5.74) is 5.34. The van der Waals surface area contributed by atoms with E-state index in [-0.39, 0.29) is 0 Å². The van der Waals surface area contributed by atoms with Crippen LogP contribution in [0.25, 0.3) is 11.1 Å². The summed E-state index contributed by atoms with van der Waals surface area (Å²) in [6, 6.07) is 13.8. The van der Waals surface area contributed by atoms with Gasteiger partial charge in [0, 0.05) is 23.4 Å². The summed E-state index contributed by atoms with van der Waals surface area (Å²) in [6.45, 7) is 4.58. The Bertz CT molecular complexity index is 722. The topological polar surface area (TPSA) is 12.9 Å². The highest BCUT2D eigenvalue weighted by Gasteiger charge is 2.22. The second kappa shape index (κ2) is 14.5. The van der Waals surface area contributed by atoms with Crippen LogP contribution in [-0.2, 0) is 6.42 Å². The van der Waals surface area contributed by atoms with Gasteiger partial charge in [0.05, 0.1) is 0 Å². The maximum Gasteiger partial charge on any atom is 0.0434 e. The molecule has 1 heterocycles. The molecule has 0 saturated heterocycles. The highest BCUT2D eigenvalue weighted by molar-refractivity contribution is 5.62. The summed E-state index contributed by atoms with van der Waals surface area (Å²) >= 11 is 0. The number of aryl methyl sites for hydroxylation is 1. The number of rotatable bonds is 14. The van der Waals surface area contributed by atoms with Crippen molar-refractivity contribution >= 4 is 0 Å². The van der Waals surface area contributed by atoms with E-state index in [1.54, 1.807) is 0 Å². The van der Waals surface area contributed by atoms with E-state index in [4.69, 9.17) is 4.98 Å². The molecule has 1 heteroatoms. The molecule has 176 valence electrons. The Morgan fingerprint density at radius 3 is 1.91 bits per heavy atom. The summed E-state index contributed by atoms with van der Waals surface area (Å²) in [4.78, 5) is 4.90. The molecule has 32 heavy (non-hydrogen) atoms. The number of unbranched alkanes of at least 4 members (excludes halogenated alkanes) is 8. The lowest BCUT2D eigenvalue weighted by Gasteiger charge is -2.28. The predicted octanol–water partition coefficient (Wildman–Crippen LogP) is 9.90. The minimum atomic E-state index is 0.676. The quantitative estimate of drug-likeness (QED) is 0.270. The molecule has 1 aromatic heterocycles. The molecule has 0 spiro atoms. The Hall–Kier alpha value is -1.63. The van der Waals surface area contributed by atoms with Gasteiger partial charge in [0.2, 0.25) is 0 Å². The third-order valence-electron chi connectivity index (χ3n) is 7.62. The van der Waals surface area contributed by atoms with Crippen molar-refractivity contribution in [1.82, 2.24) is 4.98 Å². The van der Waals surface area contributed by atoms with Crippen LogP contribution in [-0.4, -0.2) is 4.98 Å². The van der Waals surface area contributed by atoms with Crippen molar-refractivity contribution in [1.29, 1.82) is 0 Å². The summed E-state index contributed by atoms with van der Waals surface area (Å²) in [6.07, 6.45) is 24.1. The monoisotopic (exact) mass is 433 g/mol. The maximum absolute atomic E-state index is 4.90. The molecular weight excluding hydrogens is 386 g/mol. The second-order valence-corrected chi connectivity index (χ2v) is 10.3. The minimum absolute atomic E-state index is 0.676. The van der Waals surface area contributed by atoms with Crippen LogP contribution in [0.4, 0.5) is 0 Å². The lowest BCUT2D eigenvalue weighted by atomic mass is 9.78. The molecule has 0 aliphatic heterocycles. The fourth-order valence-electron chi connectivity index (χ4n) is 5.40. The zero-order chi connectivity index (χ0) is 22.4. The first kappa shape index (κ1) is 25.0. The van der Waals surface area contributed by atoms with Crippen molar-refractivity contribution in [2.45, 2.75) is 122 Å². The van der Waals surface area contributed by atoms with Crippen molar-refractivity contribution in [3.8, 4) is 11.1 Å². The molecular formula is C31H47N. The third kappa shape index (κ3) is 8.38. The van der Waals surface area contributed by atoms with Gasteiger partial charge in [-0.2, -0.15) is 0 Å². The molecule has 0 bridgehead atoms. The van der Waals surface area contributed by atoms with Crippen molar-refractivity contribution in [2.24, 2.45) is 5.92 Å². The third-order valence-corrected chi connectivity index (χ3v) is 7.62. The Labute approximate surface area is 198 Å². The lowest BCUT2D eigenvalue weighted by molar-refractivity contribution is 0.299. The highest BCUT2D eigenvalue weighted by Crippen LogP contribution is 2.37. The minimum Gasteiger partial charge on any atom is -0.260 e. The molecule has 0 radical (unpaired) electrons. The van der Waals surface area contributed by atoms with E-state index in [1.807, 2.05) is 0 Å². The molecule has 0 amide bonds. The van der Waals surface area contributed by atoms with Crippen LogP contribution in [0.2, 0.25) is 0 Å². The SMILES string of the molecule is CCCCCCCc1ccc(-c2ccc(C3CCC(CCCCCCC)CC3)nc2)cc1. The van der Waals surface area contributed by atoms with E-state index in [2.05, 4.69) is 56.4 Å². The number of hydrogen-bond donors (Lipinski definition) is 0. The van der Waals surface area contributed by atoms with E-state index < -0.39 is 0 Å². The number of nitrogens with zero attached hydrogens (tertiary/aromatic N) is 1. The average molecular weight is 434 g/mol. The zero-order valence-corrected chi connectivity index (χ0v) is 21.0. The standard InChI is InChI=1S/C31H47N/c1-3-5-7-9-11-13-26-15-19-28(20-16-26)30-23-24-31(32-25-30)29-21-17-27(18-22-29)14-12-10-8-6-4-2/h15-16,19-20,23-25,27,29H,3-14,17-18,21-22H2,1-2H3. The molecule has 1 fully saturated rings. The van der Waals surface area contributed by atoms with Gasteiger partial charge in [-0.25, -0.2) is 0 Å². The molecule has 2 aromatic rings. The first-order chi connectivity index (χ1) is 15.8. The average Bonchev–Trinajstić information content (AvgIpc) is 2.85. The second-order valence-electron chi connectivity index (χ2n) is 10.3. The molecule has 1 aromatic carbocycles. The molecule has 1 nitrogen and oxygen atoms in total. The van der Waals surface area contributed by atoms with Gasteiger partial charge in [-0.1, -0.05) is 108 Å². The van der Waals surface area contributed by atoms with Crippen LogP contribution in [0.5, 0.6) is 0 Å². The van der Waals surface area contributed by atoms with Crippen molar-refractivity contribution in [2.75, 3.05) is 0 Å². The Kier molecular flexibility index (Phi) is 11.3. The number of aromatic nitrogens is 1. The van der Waals surface area contributed by atoms with Gasteiger partial charge < -0.3 is 0 Å². The Morgan fingerprint density at radius 1 is 0.656 bits per heavy atom. The smallest absolute Gasteiger partial charge is 0.0434 e. The van der Waals surface area contributed by atoms with E-state index in [0.717, 1.165) is 5.92 Å². The van der Waals surface area contributed by atoms with Gasteiger partial charge in [-0.15, -0.1) is 0 Å².